The molecule has 52 heavy (non-hydrogen) atoms. The van der Waals surface area contributed by atoms with Crippen LogP contribution < -0.4 is 10.1 Å². The highest BCUT2D eigenvalue weighted by atomic mass is 16.8. The molecule has 2 saturated heterocycles. The number of fused-ring (bicyclic) bond motifs is 1. The monoisotopic (exact) mass is 697 g/mol. The molecule has 0 unspecified atom stereocenters. The van der Waals surface area contributed by atoms with E-state index in [-0.39, 0.29) is 24.5 Å². The molecule has 3 heterocycles. The van der Waals surface area contributed by atoms with Crippen LogP contribution in [0, 0.1) is 0 Å². The molecule has 2 aliphatic rings. The Morgan fingerprint density at radius 1 is 0.750 bits per heavy atom. The van der Waals surface area contributed by atoms with Gasteiger partial charge < -0.3 is 29.3 Å². The lowest BCUT2D eigenvalue weighted by molar-refractivity contribution is -0.157. The van der Waals surface area contributed by atoms with E-state index >= 15 is 4.79 Å². The number of carbonyl (C=O) groups is 2. The van der Waals surface area contributed by atoms with Gasteiger partial charge in [-0.2, -0.15) is 0 Å². The standard InChI is InChI=1S/C42H43N5O5/c1-42(2)51-38-35(24-29-12-6-4-7-13-29)46(27-31-16-10-18-33(22-31)40(48)45-37-26-43-20-21-44-37)41(49)47(28-32-17-11-19-34(23-32)50-3)36(39(38)52-42)25-30-14-8-5-9-15-30/h4-23,26,35-36,38-39H,24-25,27-28H2,1-3H3,(H,44,45,48)/t35-,36-,38+,39+/m1/s1. The van der Waals surface area contributed by atoms with Crippen LogP contribution in [0.1, 0.15) is 46.5 Å². The molecule has 1 N–H and O–H groups in total. The molecule has 0 radical (unpaired) electrons. The normalized spacial score (nSPS) is 20.9. The first kappa shape index (κ1) is 34.9. The molecule has 10 heteroatoms. The molecule has 1 aromatic heterocycles. The molecule has 2 aliphatic heterocycles. The van der Waals surface area contributed by atoms with E-state index in [0.29, 0.717) is 36.5 Å². The number of amides is 3. The first-order valence-corrected chi connectivity index (χ1v) is 17.6. The second-order valence-electron chi connectivity index (χ2n) is 13.7. The zero-order valence-electron chi connectivity index (χ0n) is 29.6. The maximum Gasteiger partial charge on any atom is 0.321 e. The van der Waals surface area contributed by atoms with Gasteiger partial charge in [0.15, 0.2) is 11.6 Å². The van der Waals surface area contributed by atoms with Crippen molar-refractivity contribution in [3.63, 3.8) is 0 Å². The molecule has 2 fully saturated rings. The van der Waals surface area contributed by atoms with Crippen LogP contribution in [-0.4, -0.2) is 68.9 Å². The fourth-order valence-corrected chi connectivity index (χ4v) is 7.28. The second kappa shape index (κ2) is 15.3. The lowest BCUT2D eigenvalue weighted by Gasteiger charge is -2.37. The zero-order chi connectivity index (χ0) is 36.1. The molecular formula is C42H43N5O5. The Morgan fingerprint density at radius 2 is 1.31 bits per heavy atom. The predicted octanol–water partition coefficient (Wildman–Crippen LogP) is 6.92. The molecule has 4 aromatic carbocycles. The summed E-state index contributed by atoms with van der Waals surface area (Å²) in [5, 5.41) is 2.81. The quantitative estimate of drug-likeness (QED) is 0.160. The molecular weight excluding hydrogens is 654 g/mol. The Morgan fingerprint density at radius 3 is 1.87 bits per heavy atom. The van der Waals surface area contributed by atoms with Gasteiger partial charge in [-0.3, -0.25) is 9.78 Å². The van der Waals surface area contributed by atoms with E-state index < -0.39 is 24.0 Å². The van der Waals surface area contributed by atoms with Gasteiger partial charge in [-0.15, -0.1) is 0 Å². The summed E-state index contributed by atoms with van der Waals surface area (Å²) in [7, 11) is 1.64. The van der Waals surface area contributed by atoms with Crippen molar-refractivity contribution in [1.29, 1.82) is 0 Å². The SMILES string of the molecule is COc1cccc(CN2C(=O)N(Cc3cccc(C(=O)Nc4cnccn4)c3)[C@H](Cc3ccccc3)[C@@H]3OC(C)(C)O[C@H]3[C@H]2Cc2ccccc2)c1. The number of urea groups is 1. The number of benzene rings is 4. The summed E-state index contributed by atoms with van der Waals surface area (Å²) < 4.78 is 19.2. The number of hydrogen-bond acceptors (Lipinski definition) is 7. The predicted molar refractivity (Wildman–Crippen MR) is 198 cm³/mol. The fraction of sp³-hybridized carbons (Fsp3) is 0.286. The maximum absolute atomic E-state index is 15.4. The summed E-state index contributed by atoms with van der Waals surface area (Å²) in [4.78, 5) is 40.8. The van der Waals surface area contributed by atoms with Crippen LogP contribution in [-0.2, 0) is 35.4 Å². The van der Waals surface area contributed by atoms with Gasteiger partial charge in [0.05, 0.1) is 25.4 Å². The number of hydrogen-bond donors (Lipinski definition) is 1. The van der Waals surface area contributed by atoms with Crippen LogP contribution in [0.2, 0.25) is 0 Å². The largest absolute Gasteiger partial charge is 0.497 e. The molecule has 0 aliphatic carbocycles. The van der Waals surface area contributed by atoms with Crippen molar-refractivity contribution in [2.75, 3.05) is 12.4 Å². The van der Waals surface area contributed by atoms with E-state index in [1.165, 1.54) is 12.4 Å². The van der Waals surface area contributed by atoms with Gasteiger partial charge in [-0.25, -0.2) is 9.78 Å². The molecule has 4 atom stereocenters. The maximum atomic E-state index is 15.4. The lowest BCUT2D eigenvalue weighted by atomic mass is 9.91. The van der Waals surface area contributed by atoms with Crippen LogP contribution in [0.15, 0.2) is 128 Å². The Bertz CT molecular complexity index is 1980. The Kier molecular flexibility index (Phi) is 10.3. The third-order valence-corrected chi connectivity index (χ3v) is 9.62. The third kappa shape index (κ3) is 7.98. The average molecular weight is 698 g/mol. The van der Waals surface area contributed by atoms with Gasteiger partial charge in [0.2, 0.25) is 0 Å². The number of anilines is 1. The van der Waals surface area contributed by atoms with E-state index in [9.17, 15) is 4.79 Å². The van der Waals surface area contributed by atoms with Gasteiger partial charge in [0.1, 0.15) is 18.0 Å². The summed E-state index contributed by atoms with van der Waals surface area (Å²) in [5.41, 5.74) is 4.35. The van der Waals surface area contributed by atoms with E-state index in [1.54, 1.807) is 19.4 Å². The van der Waals surface area contributed by atoms with Gasteiger partial charge in [-0.1, -0.05) is 84.9 Å². The highest BCUT2D eigenvalue weighted by Crippen LogP contribution is 2.40. The summed E-state index contributed by atoms with van der Waals surface area (Å²) in [6, 6.07) is 34.7. The third-order valence-electron chi connectivity index (χ3n) is 9.62. The highest BCUT2D eigenvalue weighted by molar-refractivity contribution is 6.03. The Labute approximate surface area is 304 Å². The van der Waals surface area contributed by atoms with E-state index in [4.69, 9.17) is 14.2 Å². The molecule has 7 rings (SSSR count). The van der Waals surface area contributed by atoms with Crippen molar-refractivity contribution in [3.05, 3.63) is 156 Å². The van der Waals surface area contributed by atoms with E-state index in [1.807, 2.05) is 103 Å². The van der Waals surface area contributed by atoms with Crippen LogP contribution >= 0.6 is 0 Å². The number of carbonyl (C=O) groups excluding carboxylic acids is 2. The summed E-state index contributed by atoms with van der Waals surface area (Å²) in [5.74, 6) is -0.129. The molecule has 5 aromatic rings. The molecule has 266 valence electrons. The second-order valence-corrected chi connectivity index (χ2v) is 13.7. The minimum atomic E-state index is -0.884. The number of ether oxygens (including phenoxy) is 3. The molecule has 0 saturated carbocycles. The van der Waals surface area contributed by atoms with Crippen molar-refractivity contribution in [2.24, 2.45) is 0 Å². The van der Waals surface area contributed by atoms with E-state index in [0.717, 1.165) is 22.3 Å². The average Bonchev–Trinajstić information content (AvgIpc) is 3.47. The van der Waals surface area contributed by atoms with Crippen molar-refractivity contribution in [1.82, 2.24) is 19.8 Å². The summed E-state index contributed by atoms with van der Waals surface area (Å²) >= 11 is 0. The minimum Gasteiger partial charge on any atom is -0.497 e. The number of aromatic nitrogens is 2. The Hall–Kier alpha value is -5.58. The first-order chi connectivity index (χ1) is 25.3. The highest BCUT2D eigenvalue weighted by Gasteiger charge is 2.55. The molecule has 0 bridgehead atoms. The molecule has 3 amide bonds. The van der Waals surface area contributed by atoms with Crippen molar-refractivity contribution < 1.29 is 23.8 Å². The van der Waals surface area contributed by atoms with Gasteiger partial charge >= 0.3 is 6.03 Å². The molecule has 10 nitrogen and oxygen atoms in total. The van der Waals surface area contributed by atoms with Gasteiger partial charge in [0, 0.05) is 31.0 Å². The Balaban J connectivity index is 1.31. The van der Waals surface area contributed by atoms with Gasteiger partial charge in [0.25, 0.3) is 5.91 Å². The number of nitrogens with zero attached hydrogens (tertiary/aromatic N) is 4. The van der Waals surface area contributed by atoms with Crippen LogP contribution in [0.5, 0.6) is 5.75 Å². The lowest BCUT2D eigenvalue weighted by Crippen LogP contribution is -2.51. The van der Waals surface area contributed by atoms with Crippen LogP contribution in [0.3, 0.4) is 0 Å². The van der Waals surface area contributed by atoms with Crippen molar-refractivity contribution in [2.45, 2.75) is 69.9 Å². The van der Waals surface area contributed by atoms with Gasteiger partial charge in [-0.05, 0) is 73.2 Å². The van der Waals surface area contributed by atoms with E-state index in [2.05, 4.69) is 39.6 Å². The van der Waals surface area contributed by atoms with Crippen molar-refractivity contribution >= 4 is 17.8 Å². The topological polar surface area (TPSA) is 106 Å². The number of rotatable bonds is 11. The fourth-order valence-electron chi connectivity index (χ4n) is 7.28. The van der Waals surface area contributed by atoms with Crippen molar-refractivity contribution in [3.8, 4) is 5.75 Å². The summed E-state index contributed by atoms with van der Waals surface area (Å²) in [6.07, 6.45) is 4.80. The minimum absolute atomic E-state index is 0.140. The first-order valence-electron chi connectivity index (χ1n) is 17.6. The number of methoxy groups -OCH3 is 1. The molecule has 0 spiro atoms. The van der Waals surface area contributed by atoms with Crippen LogP contribution in [0.25, 0.3) is 0 Å². The van der Waals surface area contributed by atoms with Crippen LogP contribution in [0.4, 0.5) is 10.6 Å². The summed E-state index contributed by atoms with van der Waals surface area (Å²) in [6.45, 7) is 4.45. The number of nitrogens with one attached hydrogen (secondary N) is 1. The zero-order valence-corrected chi connectivity index (χ0v) is 29.6. The smallest absolute Gasteiger partial charge is 0.321 e.